The molecular weight excluding hydrogens is 665 g/mol. The average molecular weight is 687 g/mol. The highest BCUT2D eigenvalue weighted by Crippen LogP contribution is 2.54. The standard InChI is InChI=1S/C21H22BF2N9O9P2S/c22-43(35)37-3-8-15(11(24)20(39-8)33-6-29-13-17(33)30-21(26)31-18(13)34)42-44(36,45)38-4-9-14(41-43)10(23)19(40-9)32-5-28-12-7(25)1-2-27-16(12)32/h1-2,5-6,8-11,14-15,19-20H,3-4H2,(H2,25,27)(H,36,45)(H3,26,30,31,34)/t8-,9-,10+,11?,14?,15+,19-,20-,43?,44?/m1/s1. The van der Waals surface area contributed by atoms with Gasteiger partial charge in [0.1, 0.15) is 29.9 Å². The lowest BCUT2D eigenvalue weighted by Crippen LogP contribution is -2.37. The number of pyridine rings is 1. The number of nitrogens with two attached hydrogens (primary N) is 2. The summed E-state index contributed by atoms with van der Waals surface area (Å²) in [4.78, 5) is 41.6. The largest absolute Gasteiger partial charge is 0.397 e. The molecule has 6 N–H and O–H groups in total. The van der Waals surface area contributed by atoms with Gasteiger partial charge in [0.15, 0.2) is 41.6 Å². The van der Waals surface area contributed by atoms with Gasteiger partial charge in [-0.05, 0) is 17.9 Å². The molecule has 4 aromatic heterocycles. The fraction of sp³-hybridized carbons (Fsp3) is 0.476. The molecule has 10 atom stereocenters. The Hall–Kier alpha value is -2.91. The van der Waals surface area contributed by atoms with Crippen LogP contribution in [0.2, 0.25) is 0 Å². The first-order valence-electron chi connectivity index (χ1n) is 13.1. The Morgan fingerprint density at radius 3 is 2.27 bits per heavy atom. The van der Waals surface area contributed by atoms with Crippen LogP contribution in [0.1, 0.15) is 12.5 Å². The van der Waals surface area contributed by atoms with Gasteiger partial charge < -0.3 is 39.4 Å². The second-order valence-electron chi connectivity index (χ2n) is 10.3. The van der Waals surface area contributed by atoms with Gasteiger partial charge in [-0.1, -0.05) is 0 Å². The van der Waals surface area contributed by atoms with Crippen LogP contribution in [0.25, 0.3) is 22.3 Å². The number of nitrogens with one attached hydrogen (secondary N) is 1. The van der Waals surface area contributed by atoms with E-state index < -0.39 is 82.2 Å². The van der Waals surface area contributed by atoms with Gasteiger partial charge in [0, 0.05) is 6.20 Å². The SMILES string of the molecule is [B]P1(=O)OC[C@H]2O[C@@H](n3cnc4c(=O)[nH]c(N)nc43)C(F)[C@H]2OP(O)(=S)OC[C@H]2O[C@@H](n3cnc4c(N)ccnc43)[C@@H](F)C2O1. The van der Waals surface area contributed by atoms with Crippen LogP contribution >= 0.6 is 14.2 Å². The fourth-order valence-corrected chi connectivity index (χ4v) is 7.80. The number of imidazole rings is 2. The van der Waals surface area contributed by atoms with Gasteiger partial charge in [0.05, 0.1) is 31.6 Å². The Labute approximate surface area is 256 Å². The van der Waals surface area contributed by atoms with Gasteiger partial charge in [-0.2, -0.15) is 4.98 Å². The van der Waals surface area contributed by atoms with Crippen LogP contribution in [0, 0.1) is 0 Å². The number of anilines is 2. The van der Waals surface area contributed by atoms with Crippen molar-refractivity contribution in [3.05, 3.63) is 35.3 Å². The summed E-state index contributed by atoms with van der Waals surface area (Å²) >= 11 is 5.13. The molecule has 4 unspecified atom stereocenters. The van der Waals surface area contributed by atoms with Crippen LogP contribution in [0.15, 0.2) is 29.7 Å². The number of hydrogen-bond donors (Lipinski definition) is 4. The normalized spacial score (nSPS) is 37.7. The van der Waals surface area contributed by atoms with E-state index in [9.17, 15) is 14.3 Å². The van der Waals surface area contributed by atoms with E-state index in [-0.39, 0.29) is 34.0 Å². The number of halogens is 2. The number of hydrogen-bond acceptors (Lipinski definition) is 15. The van der Waals surface area contributed by atoms with Gasteiger partial charge in [-0.15, -0.1) is 0 Å². The minimum absolute atomic E-state index is 0.119. The summed E-state index contributed by atoms with van der Waals surface area (Å²) in [7, 11) is 1.22. The molecule has 3 aliphatic heterocycles. The van der Waals surface area contributed by atoms with E-state index in [0.717, 1.165) is 10.9 Å². The molecule has 3 aliphatic rings. The molecule has 3 saturated heterocycles. The van der Waals surface area contributed by atoms with Crippen molar-refractivity contribution in [2.24, 2.45) is 0 Å². The zero-order valence-corrected chi connectivity index (χ0v) is 25.1. The van der Waals surface area contributed by atoms with Crippen molar-refractivity contribution < 1.29 is 45.8 Å². The summed E-state index contributed by atoms with van der Waals surface area (Å²) in [6, 6.07) is 1.51. The molecule has 2 radical (unpaired) electrons. The molecule has 0 amide bonds. The molecule has 45 heavy (non-hydrogen) atoms. The third-order valence-corrected chi connectivity index (χ3v) is 9.97. The van der Waals surface area contributed by atoms with Crippen LogP contribution in [-0.2, 0) is 43.9 Å². The van der Waals surface area contributed by atoms with Gasteiger partial charge >= 0.3 is 6.72 Å². The van der Waals surface area contributed by atoms with Crippen molar-refractivity contribution in [2.75, 3.05) is 24.7 Å². The Bertz CT molecular complexity index is 1950. The quantitative estimate of drug-likeness (QED) is 0.166. The molecule has 0 aliphatic carbocycles. The van der Waals surface area contributed by atoms with Crippen molar-refractivity contribution in [1.82, 2.24) is 34.1 Å². The van der Waals surface area contributed by atoms with E-state index in [1.54, 1.807) is 0 Å². The third kappa shape index (κ3) is 5.48. The first kappa shape index (κ1) is 30.7. The zero-order chi connectivity index (χ0) is 31.8. The highest BCUT2D eigenvalue weighted by Gasteiger charge is 2.53. The molecule has 0 bridgehead atoms. The maximum Gasteiger partial charge on any atom is 0.325 e. The zero-order valence-electron chi connectivity index (χ0n) is 22.5. The van der Waals surface area contributed by atoms with E-state index in [1.165, 1.54) is 23.2 Å². The van der Waals surface area contributed by atoms with E-state index in [2.05, 4.69) is 24.9 Å². The number of nitrogen functional groups attached to an aromatic ring is 2. The molecule has 7 rings (SSSR count). The molecule has 0 saturated carbocycles. The number of alkyl halides is 2. The maximum absolute atomic E-state index is 16.0. The number of rotatable bonds is 2. The summed E-state index contributed by atoms with van der Waals surface area (Å²) in [6.07, 6.45) is -9.60. The highest BCUT2D eigenvalue weighted by atomic mass is 32.5. The van der Waals surface area contributed by atoms with Crippen LogP contribution in [0.3, 0.4) is 0 Å². The number of ether oxygens (including phenoxy) is 2. The maximum atomic E-state index is 16.0. The molecule has 0 spiro atoms. The van der Waals surface area contributed by atoms with Crippen molar-refractivity contribution >= 4 is 67.5 Å². The summed E-state index contributed by atoms with van der Waals surface area (Å²) in [5, 5.41) is 0. The van der Waals surface area contributed by atoms with E-state index >= 15 is 8.78 Å². The number of H-pyrrole nitrogens is 1. The van der Waals surface area contributed by atoms with Gasteiger partial charge in [0.25, 0.3) is 13.0 Å². The highest BCUT2D eigenvalue weighted by molar-refractivity contribution is 8.07. The summed E-state index contributed by atoms with van der Waals surface area (Å²) < 4.78 is 80.8. The molecule has 4 aromatic rings. The second-order valence-corrected chi connectivity index (χ2v) is 14.6. The third-order valence-electron chi connectivity index (χ3n) is 7.37. The van der Waals surface area contributed by atoms with Crippen molar-refractivity contribution in [2.45, 2.75) is 49.2 Å². The minimum atomic E-state index is -4.61. The first-order valence-corrected chi connectivity index (χ1v) is 17.3. The fourth-order valence-electron chi connectivity index (χ4n) is 5.35. The van der Waals surface area contributed by atoms with Crippen molar-refractivity contribution in [3.63, 3.8) is 0 Å². The Morgan fingerprint density at radius 1 is 0.978 bits per heavy atom. The van der Waals surface area contributed by atoms with E-state index in [1.807, 2.05) is 0 Å². The number of fused-ring (bicyclic) bond motifs is 4. The van der Waals surface area contributed by atoms with E-state index in [0.29, 0.717) is 0 Å². The predicted molar refractivity (Wildman–Crippen MR) is 154 cm³/mol. The van der Waals surface area contributed by atoms with Crippen LogP contribution < -0.4 is 17.0 Å². The average Bonchev–Trinajstić information content (AvgIpc) is 3.72. The lowest BCUT2D eigenvalue weighted by Gasteiger charge is -2.29. The number of aromatic nitrogens is 7. The lowest BCUT2D eigenvalue weighted by atomic mass is 10.1. The topological polar surface area (TPSA) is 239 Å². The van der Waals surface area contributed by atoms with Crippen LogP contribution in [0.5, 0.6) is 0 Å². The first-order chi connectivity index (χ1) is 21.3. The van der Waals surface area contributed by atoms with Crippen molar-refractivity contribution in [3.8, 4) is 0 Å². The van der Waals surface area contributed by atoms with Gasteiger partial charge in [0.2, 0.25) is 13.5 Å². The summed E-state index contributed by atoms with van der Waals surface area (Å²) in [6.45, 7) is -5.70. The Morgan fingerprint density at radius 2 is 1.58 bits per heavy atom. The second kappa shape index (κ2) is 11.1. The molecule has 3 fully saturated rings. The minimum Gasteiger partial charge on any atom is -0.397 e. The van der Waals surface area contributed by atoms with Gasteiger partial charge in [-0.25, -0.2) is 23.7 Å². The summed E-state index contributed by atoms with van der Waals surface area (Å²) in [5.41, 5.74) is 11.4. The molecule has 7 heterocycles. The molecule has 0 aromatic carbocycles. The van der Waals surface area contributed by atoms with Crippen LogP contribution in [-0.4, -0.2) is 96.5 Å². The number of aromatic amines is 1. The molecule has 18 nitrogen and oxygen atoms in total. The molecule has 238 valence electrons. The predicted octanol–water partition coefficient (Wildman–Crippen LogP) is 0.511. The molecule has 24 heteroatoms. The Kier molecular flexibility index (Phi) is 7.59. The number of nitrogens with zero attached hydrogens (tertiary/aromatic N) is 6. The van der Waals surface area contributed by atoms with Gasteiger partial charge in [-0.3, -0.25) is 28.0 Å². The Balaban J connectivity index is 1.17. The smallest absolute Gasteiger partial charge is 0.325 e. The van der Waals surface area contributed by atoms with E-state index in [4.69, 9.17) is 58.4 Å². The summed E-state index contributed by atoms with van der Waals surface area (Å²) in [5.74, 6) is -0.267. The van der Waals surface area contributed by atoms with Crippen molar-refractivity contribution in [1.29, 1.82) is 0 Å². The van der Waals surface area contributed by atoms with Crippen LogP contribution in [0.4, 0.5) is 20.4 Å². The molecular formula is C21H22BF2N9O9P2S. The monoisotopic (exact) mass is 687 g/mol. The lowest BCUT2D eigenvalue weighted by molar-refractivity contribution is -0.0565.